The van der Waals surface area contributed by atoms with Crippen LogP contribution in [0.2, 0.25) is 0 Å². The topological polar surface area (TPSA) is 0 Å². The average Bonchev–Trinajstić information content (AvgIpc) is 2.11. The van der Waals surface area contributed by atoms with Gasteiger partial charge in [0.2, 0.25) is 0 Å². The van der Waals surface area contributed by atoms with Gasteiger partial charge in [-0.1, -0.05) is 50.5 Å². The van der Waals surface area contributed by atoms with Gasteiger partial charge in [0.25, 0.3) is 0 Å². The lowest BCUT2D eigenvalue weighted by atomic mass is 10.1. The summed E-state index contributed by atoms with van der Waals surface area (Å²) < 4.78 is 0. The van der Waals surface area contributed by atoms with E-state index >= 15 is 0 Å². The molecule has 70 valence electrons. The lowest BCUT2D eigenvalue weighted by Gasteiger charge is -1.99. The lowest BCUT2D eigenvalue weighted by molar-refractivity contribution is 0.804. The first-order valence-corrected chi connectivity index (χ1v) is 5.14. The maximum Gasteiger partial charge on any atom is -0.0139 e. The molecule has 0 aliphatic rings. The second-order valence-electron chi connectivity index (χ2n) is 3.13. The fraction of sp³-hybridized carbons (Fsp3) is 0.667. The summed E-state index contributed by atoms with van der Waals surface area (Å²) in [6, 6.07) is 0. The molecule has 0 aliphatic heterocycles. The summed E-state index contributed by atoms with van der Waals surface area (Å²) in [5.74, 6) is 0. The van der Waals surface area contributed by atoms with Crippen molar-refractivity contribution in [1.29, 1.82) is 0 Å². The molecular weight excluding hydrogens is 144 g/mol. The van der Waals surface area contributed by atoms with Gasteiger partial charge in [-0.3, -0.25) is 0 Å². The highest BCUT2D eigenvalue weighted by molar-refractivity contribution is 5.06. The third kappa shape index (κ3) is 6.21. The Morgan fingerprint density at radius 2 is 2.00 bits per heavy atom. The van der Waals surface area contributed by atoms with Gasteiger partial charge in [0, 0.05) is 0 Å². The van der Waals surface area contributed by atoms with Crippen LogP contribution >= 0.6 is 0 Å². The maximum atomic E-state index is 2.41. The van der Waals surface area contributed by atoms with E-state index in [1.54, 1.807) is 5.57 Å². The fourth-order valence-electron chi connectivity index (χ4n) is 1.15. The van der Waals surface area contributed by atoms with Gasteiger partial charge in [-0.2, -0.15) is 0 Å². The predicted octanol–water partition coefficient (Wildman–Crippen LogP) is 4.48. The van der Waals surface area contributed by atoms with E-state index in [-0.39, 0.29) is 0 Å². The van der Waals surface area contributed by atoms with E-state index in [2.05, 4.69) is 39.0 Å². The molecule has 0 saturated heterocycles. The number of hydrogen-bond donors (Lipinski definition) is 0. The van der Waals surface area contributed by atoms with Crippen LogP contribution < -0.4 is 0 Å². The molecular formula is C12H22. The molecule has 0 aliphatic carbocycles. The molecule has 0 saturated carbocycles. The highest BCUT2D eigenvalue weighted by Crippen LogP contribution is 2.10. The summed E-state index contributed by atoms with van der Waals surface area (Å²) in [6.45, 7) is 6.56. The third-order valence-electron chi connectivity index (χ3n) is 2.06. The van der Waals surface area contributed by atoms with Crippen molar-refractivity contribution in [2.45, 2.75) is 52.9 Å². The molecule has 0 nitrogen and oxygen atoms in total. The van der Waals surface area contributed by atoms with Crippen LogP contribution in [0.1, 0.15) is 52.9 Å². The monoisotopic (exact) mass is 166 g/mol. The van der Waals surface area contributed by atoms with E-state index in [0.29, 0.717) is 0 Å². The van der Waals surface area contributed by atoms with Crippen molar-refractivity contribution in [2.24, 2.45) is 0 Å². The van der Waals surface area contributed by atoms with Crippen molar-refractivity contribution in [3.63, 3.8) is 0 Å². The molecule has 0 aromatic rings. The van der Waals surface area contributed by atoms with E-state index in [4.69, 9.17) is 0 Å². The van der Waals surface area contributed by atoms with Gasteiger partial charge in [-0.05, 0) is 26.2 Å². The molecule has 0 heterocycles. The summed E-state index contributed by atoms with van der Waals surface area (Å²) in [6.07, 6.45) is 13.0. The minimum absolute atomic E-state index is 1.15. The van der Waals surface area contributed by atoms with Gasteiger partial charge in [0.05, 0.1) is 0 Å². The molecule has 0 amide bonds. The van der Waals surface area contributed by atoms with Gasteiger partial charge in [0.1, 0.15) is 0 Å². The Morgan fingerprint density at radius 1 is 1.25 bits per heavy atom. The van der Waals surface area contributed by atoms with Crippen LogP contribution in [0.25, 0.3) is 0 Å². The summed E-state index contributed by atoms with van der Waals surface area (Å²) in [5, 5.41) is 0. The molecule has 0 radical (unpaired) electrons. The molecule has 0 fully saturated rings. The first kappa shape index (κ1) is 11.5. The summed E-state index contributed by atoms with van der Waals surface area (Å²) in [5.41, 5.74) is 1.58. The highest BCUT2D eigenvalue weighted by atomic mass is 14.0. The Hall–Kier alpha value is -0.520. The van der Waals surface area contributed by atoms with Crippen LogP contribution in [0.3, 0.4) is 0 Å². The smallest absolute Gasteiger partial charge is 0.0139 e. The van der Waals surface area contributed by atoms with Gasteiger partial charge < -0.3 is 0 Å². The second-order valence-corrected chi connectivity index (χ2v) is 3.13. The number of unbranched alkanes of at least 4 members (excludes halogenated alkanes) is 2. The summed E-state index contributed by atoms with van der Waals surface area (Å²) in [4.78, 5) is 0. The molecule has 0 heteroatoms. The average molecular weight is 166 g/mol. The minimum atomic E-state index is 1.15. The van der Waals surface area contributed by atoms with Crippen LogP contribution in [-0.2, 0) is 0 Å². The zero-order valence-corrected chi connectivity index (χ0v) is 8.77. The van der Waals surface area contributed by atoms with Crippen LogP contribution in [-0.4, -0.2) is 0 Å². The summed E-state index contributed by atoms with van der Waals surface area (Å²) >= 11 is 0. The molecule has 0 aromatic carbocycles. The van der Waals surface area contributed by atoms with E-state index in [1.165, 1.54) is 25.7 Å². The van der Waals surface area contributed by atoms with Crippen molar-refractivity contribution >= 4 is 0 Å². The molecule has 0 atom stereocenters. The number of allylic oxidation sites excluding steroid dienone is 4. The first-order valence-electron chi connectivity index (χ1n) is 5.14. The maximum absolute atomic E-state index is 2.41. The zero-order valence-electron chi connectivity index (χ0n) is 8.77. The molecule has 12 heavy (non-hydrogen) atoms. The van der Waals surface area contributed by atoms with Gasteiger partial charge in [-0.25, -0.2) is 0 Å². The van der Waals surface area contributed by atoms with Crippen molar-refractivity contribution in [1.82, 2.24) is 0 Å². The van der Waals surface area contributed by atoms with Crippen molar-refractivity contribution in [3.8, 4) is 0 Å². The van der Waals surface area contributed by atoms with E-state index in [9.17, 15) is 0 Å². The SMILES string of the molecule is C/C=C/C/C(=C/CCCC)CC. The zero-order chi connectivity index (χ0) is 9.23. The first-order chi connectivity index (χ1) is 5.85. The van der Waals surface area contributed by atoms with Crippen molar-refractivity contribution in [2.75, 3.05) is 0 Å². The second kappa shape index (κ2) is 8.58. The van der Waals surface area contributed by atoms with E-state index in [0.717, 1.165) is 6.42 Å². The molecule has 0 rings (SSSR count). The summed E-state index contributed by atoms with van der Waals surface area (Å²) in [7, 11) is 0. The van der Waals surface area contributed by atoms with Crippen molar-refractivity contribution in [3.05, 3.63) is 23.8 Å². The van der Waals surface area contributed by atoms with Crippen LogP contribution in [0.5, 0.6) is 0 Å². The standard InChI is InChI=1S/C12H22/c1-4-7-9-11-12(6-3)10-8-5-2/h5,8,11H,4,6-7,9-10H2,1-3H3/b8-5+,12-11+. The number of hydrogen-bond acceptors (Lipinski definition) is 0. The van der Waals surface area contributed by atoms with Crippen molar-refractivity contribution < 1.29 is 0 Å². The fourth-order valence-corrected chi connectivity index (χ4v) is 1.15. The predicted molar refractivity (Wildman–Crippen MR) is 57.3 cm³/mol. The minimum Gasteiger partial charge on any atom is -0.0913 e. The van der Waals surface area contributed by atoms with Crippen LogP contribution in [0.4, 0.5) is 0 Å². The number of rotatable bonds is 6. The Morgan fingerprint density at radius 3 is 2.50 bits per heavy atom. The Balaban J connectivity index is 3.70. The van der Waals surface area contributed by atoms with E-state index < -0.39 is 0 Å². The van der Waals surface area contributed by atoms with Gasteiger partial charge >= 0.3 is 0 Å². The van der Waals surface area contributed by atoms with Crippen LogP contribution in [0, 0.1) is 0 Å². The molecule has 0 N–H and O–H groups in total. The van der Waals surface area contributed by atoms with Gasteiger partial charge in [0.15, 0.2) is 0 Å². The third-order valence-corrected chi connectivity index (χ3v) is 2.06. The molecule has 0 spiro atoms. The quantitative estimate of drug-likeness (QED) is 0.403. The normalized spacial score (nSPS) is 12.8. The Kier molecular flexibility index (Phi) is 8.20. The van der Waals surface area contributed by atoms with Gasteiger partial charge in [-0.15, -0.1) is 0 Å². The van der Waals surface area contributed by atoms with Crippen LogP contribution in [0.15, 0.2) is 23.8 Å². The lowest BCUT2D eigenvalue weighted by Crippen LogP contribution is -1.79. The largest absolute Gasteiger partial charge is 0.0913 e. The Bertz CT molecular complexity index is 140. The molecule has 0 aromatic heterocycles. The molecule has 0 bridgehead atoms. The highest BCUT2D eigenvalue weighted by Gasteiger charge is 1.89. The Labute approximate surface area is 77.4 Å². The van der Waals surface area contributed by atoms with E-state index in [1.807, 2.05) is 0 Å². The molecule has 0 unspecified atom stereocenters.